The summed E-state index contributed by atoms with van der Waals surface area (Å²) in [6, 6.07) is 0.645. The van der Waals surface area contributed by atoms with E-state index in [1.54, 1.807) is 0 Å². The Kier molecular flexibility index (Phi) is 5.64. The van der Waals surface area contributed by atoms with Gasteiger partial charge >= 0.3 is 0 Å². The molecule has 0 aliphatic heterocycles. The van der Waals surface area contributed by atoms with E-state index in [-0.39, 0.29) is 0 Å². The van der Waals surface area contributed by atoms with E-state index in [2.05, 4.69) is 25.8 Å². The molecule has 62 valence electrons. The lowest BCUT2D eigenvalue weighted by Gasteiger charge is -2.22. The average Bonchev–Trinajstić information content (AvgIpc) is 1.98. The van der Waals surface area contributed by atoms with Crippen molar-refractivity contribution in [2.75, 3.05) is 20.2 Å². The Balaban J connectivity index is 3.31. The molecule has 0 bridgehead atoms. The average molecular weight is 145 g/mol. The molecular formula is C8H19NO. The molecule has 10 heavy (non-hydrogen) atoms. The minimum absolute atomic E-state index is 0.306. The van der Waals surface area contributed by atoms with Crippen LogP contribution in [0.4, 0.5) is 0 Å². The highest BCUT2D eigenvalue weighted by Gasteiger charge is 2.04. The van der Waals surface area contributed by atoms with Gasteiger partial charge in [-0.3, -0.25) is 0 Å². The lowest BCUT2D eigenvalue weighted by Crippen LogP contribution is -2.29. The van der Waals surface area contributed by atoms with Crippen molar-refractivity contribution in [1.29, 1.82) is 0 Å². The molecule has 0 aromatic heterocycles. The zero-order valence-electron chi connectivity index (χ0n) is 7.30. The Morgan fingerprint density at radius 3 is 2.50 bits per heavy atom. The lowest BCUT2D eigenvalue weighted by molar-refractivity contribution is 0.212. The van der Waals surface area contributed by atoms with Crippen LogP contribution in [0.15, 0.2) is 0 Å². The molecule has 0 aromatic carbocycles. The lowest BCUT2D eigenvalue weighted by atomic mass is 10.2. The van der Waals surface area contributed by atoms with Gasteiger partial charge in [-0.1, -0.05) is 6.92 Å². The molecule has 0 amide bonds. The number of hydrogen-bond donors (Lipinski definition) is 1. The van der Waals surface area contributed by atoms with E-state index < -0.39 is 0 Å². The van der Waals surface area contributed by atoms with Gasteiger partial charge in [-0.15, -0.1) is 0 Å². The fraction of sp³-hybridized carbons (Fsp3) is 1.00. The van der Waals surface area contributed by atoms with Crippen LogP contribution in [0.5, 0.6) is 0 Å². The molecule has 0 aromatic rings. The monoisotopic (exact) mass is 145 g/mol. The summed E-state index contributed by atoms with van der Waals surface area (Å²) in [5.41, 5.74) is 0. The van der Waals surface area contributed by atoms with Crippen molar-refractivity contribution >= 4 is 0 Å². The van der Waals surface area contributed by atoms with Gasteiger partial charge in [-0.05, 0) is 26.8 Å². The Labute approximate surface area is 63.8 Å². The van der Waals surface area contributed by atoms with Crippen molar-refractivity contribution in [3.63, 3.8) is 0 Å². The van der Waals surface area contributed by atoms with Gasteiger partial charge < -0.3 is 10.0 Å². The summed E-state index contributed by atoms with van der Waals surface area (Å²) >= 11 is 0. The zero-order chi connectivity index (χ0) is 7.98. The van der Waals surface area contributed by atoms with E-state index in [4.69, 9.17) is 5.11 Å². The first-order valence-electron chi connectivity index (χ1n) is 4.03. The van der Waals surface area contributed by atoms with Crippen molar-refractivity contribution in [2.45, 2.75) is 32.7 Å². The molecule has 0 spiro atoms. The van der Waals surface area contributed by atoms with Crippen molar-refractivity contribution in [3.8, 4) is 0 Å². The van der Waals surface area contributed by atoms with E-state index in [1.807, 2.05) is 0 Å². The quantitative estimate of drug-likeness (QED) is 0.626. The number of aliphatic hydroxyl groups excluding tert-OH is 1. The minimum atomic E-state index is 0.306. The molecule has 0 rings (SSSR count). The first-order valence-corrected chi connectivity index (χ1v) is 4.03. The van der Waals surface area contributed by atoms with Gasteiger partial charge in [0.25, 0.3) is 0 Å². The Morgan fingerprint density at radius 1 is 1.50 bits per heavy atom. The smallest absolute Gasteiger partial charge is 0.0443 e. The predicted octanol–water partition coefficient (Wildman–Crippen LogP) is 1.10. The topological polar surface area (TPSA) is 23.5 Å². The molecule has 0 saturated carbocycles. The first kappa shape index (κ1) is 9.92. The molecule has 0 aliphatic rings. The Morgan fingerprint density at radius 2 is 2.10 bits per heavy atom. The Hall–Kier alpha value is -0.0800. The third kappa shape index (κ3) is 3.85. The number of nitrogens with zero attached hydrogens (tertiary/aromatic N) is 1. The molecule has 1 N–H and O–H groups in total. The summed E-state index contributed by atoms with van der Waals surface area (Å²) in [5, 5.41) is 8.54. The maximum atomic E-state index is 8.54. The number of aliphatic hydroxyl groups is 1. The molecule has 1 atom stereocenters. The molecule has 0 fully saturated rings. The second-order valence-electron chi connectivity index (χ2n) is 2.82. The number of rotatable bonds is 5. The molecule has 2 heteroatoms. The van der Waals surface area contributed by atoms with Gasteiger partial charge in [0, 0.05) is 19.2 Å². The van der Waals surface area contributed by atoms with Gasteiger partial charge in [0.2, 0.25) is 0 Å². The molecule has 0 heterocycles. The van der Waals surface area contributed by atoms with Crippen LogP contribution in [0.1, 0.15) is 26.7 Å². The number of hydrogen-bond acceptors (Lipinski definition) is 2. The predicted molar refractivity (Wildman–Crippen MR) is 44.1 cm³/mol. The highest BCUT2D eigenvalue weighted by atomic mass is 16.3. The normalized spacial score (nSPS) is 14.1. The van der Waals surface area contributed by atoms with Crippen LogP contribution in [-0.4, -0.2) is 36.2 Å². The van der Waals surface area contributed by atoms with Crippen LogP contribution < -0.4 is 0 Å². The summed E-state index contributed by atoms with van der Waals surface area (Å²) < 4.78 is 0. The summed E-state index contributed by atoms with van der Waals surface area (Å²) in [6.45, 7) is 5.70. The van der Waals surface area contributed by atoms with E-state index >= 15 is 0 Å². The molecule has 1 unspecified atom stereocenters. The SMILES string of the molecule is CCC(C)N(C)CCCO. The van der Waals surface area contributed by atoms with E-state index in [0.717, 1.165) is 13.0 Å². The molecular weight excluding hydrogens is 126 g/mol. The summed E-state index contributed by atoms with van der Waals surface area (Å²) in [7, 11) is 2.10. The summed E-state index contributed by atoms with van der Waals surface area (Å²) in [6.07, 6.45) is 2.07. The second-order valence-corrected chi connectivity index (χ2v) is 2.82. The third-order valence-corrected chi connectivity index (χ3v) is 2.01. The van der Waals surface area contributed by atoms with Crippen LogP contribution in [0.2, 0.25) is 0 Å². The van der Waals surface area contributed by atoms with E-state index in [0.29, 0.717) is 12.6 Å². The van der Waals surface area contributed by atoms with Gasteiger partial charge in [0.1, 0.15) is 0 Å². The minimum Gasteiger partial charge on any atom is -0.396 e. The van der Waals surface area contributed by atoms with Crippen LogP contribution in [0.25, 0.3) is 0 Å². The van der Waals surface area contributed by atoms with Gasteiger partial charge in [0.05, 0.1) is 0 Å². The van der Waals surface area contributed by atoms with E-state index in [9.17, 15) is 0 Å². The zero-order valence-corrected chi connectivity index (χ0v) is 7.30. The maximum absolute atomic E-state index is 8.54. The molecule has 2 nitrogen and oxygen atoms in total. The highest BCUT2D eigenvalue weighted by Crippen LogP contribution is 1.99. The fourth-order valence-corrected chi connectivity index (χ4v) is 0.852. The first-order chi connectivity index (χ1) is 4.72. The van der Waals surface area contributed by atoms with Gasteiger partial charge in [-0.2, -0.15) is 0 Å². The summed E-state index contributed by atoms with van der Waals surface area (Å²) in [4.78, 5) is 2.27. The van der Waals surface area contributed by atoms with Gasteiger partial charge in [-0.25, -0.2) is 0 Å². The standard InChI is InChI=1S/C8H19NO/c1-4-8(2)9(3)6-5-7-10/h8,10H,4-7H2,1-3H3. The van der Waals surface area contributed by atoms with Crippen molar-refractivity contribution < 1.29 is 5.11 Å². The van der Waals surface area contributed by atoms with Crippen molar-refractivity contribution in [2.24, 2.45) is 0 Å². The highest BCUT2D eigenvalue weighted by molar-refractivity contribution is 4.59. The third-order valence-electron chi connectivity index (χ3n) is 2.01. The van der Waals surface area contributed by atoms with Crippen LogP contribution in [0.3, 0.4) is 0 Å². The maximum Gasteiger partial charge on any atom is 0.0443 e. The van der Waals surface area contributed by atoms with Crippen LogP contribution in [0, 0.1) is 0 Å². The van der Waals surface area contributed by atoms with Crippen LogP contribution in [-0.2, 0) is 0 Å². The van der Waals surface area contributed by atoms with Gasteiger partial charge in [0.15, 0.2) is 0 Å². The Bertz CT molecular complexity index is 75.7. The molecule has 0 radical (unpaired) electrons. The summed E-state index contributed by atoms with van der Waals surface area (Å²) in [5.74, 6) is 0. The largest absolute Gasteiger partial charge is 0.396 e. The molecule has 0 saturated heterocycles. The van der Waals surface area contributed by atoms with Crippen molar-refractivity contribution in [1.82, 2.24) is 4.90 Å². The molecule has 0 aliphatic carbocycles. The van der Waals surface area contributed by atoms with E-state index in [1.165, 1.54) is 6.42 Å². The van der Waals surface area contributed by atoms with Crippen molar-refractivity contribution in [3.05, 3.63) is 0 Å². The second kappa shape index (κ2) is 5.69. The fourth-order valence-electron chi connectivity index (χ4n) is 0.852. The van der Waals surface area contributed by atoms with Crippen LogP contribution >= 0.6 is 0 Å².